The average Bonchev–Trinajstić information content (AvgIpc) is 3.27. The van der Waals surface area contributed by atoms with Gasteiger partial charge in [0.05, 0.1) is 25.2 Å². The summed E-state index contributed by atoms with van der Waals surface area (Å²) in [4.78, 5) is 21.4. The lowest BCUT2D eigenvalue weighted by molar-refractivity contribution is -0.287. The van der Waals surface area contributed by atoms with Crippen LogP contribution in [0.5, 0.6) is 23.0 Å². The van der Waals surface area contributed by atoms with Crippen molar-refractivity contribution in [3.8, 4) is 35.1 Å². The van der Waals surface area contributed by atoms with Crippen LogP contribution in [0.4, 0.5) is 17.6 Å². The standard InChI is InChI=1S/C12H9F2NO4.C7H3BrF2O2.C4H5NO.2CH4/c1-2-17-11(16)8(6-15)7-3-4-9-10(5-7)19-12(13,14)18-9;8-4-1-2-5-6(3-4)12-7(9,10)11-5;1-4(6)2-3-5;;/h3-5,8H,2H2,1H3;1-3H;2H2,1H3;2*1H4. The molecule has 1 unspecified atom stereocenters. The Labute approximate surface area is 230 Å². The number of halogens is 5. The van der Waals surface area contributed by atoms with Crippen LogP contribution in [0.3, 0.4) is 0 Å². The van der Waals surface area contributed by atoms with E-state index < -0.39 is 24.5 Å². The van der Waals surface area contributed by atoms with E-state index in [0.29, 0.717) is 4.47 Å². The Morgan fingerprint density at radius 2 is 1.41 bits per heavy atom. The van der Waals surface area contributed by atoms with Crippen molar-refractivity contribution in [1.82, 2.24) is 0 Å². The van der Waals surface area contributed by atoms with Gasteiger partial charge in [0.2, 0.25) is 0 Å². The van der Waals surface area contributed by atoms with Crippen molar-refractivity contribution in [2.24, 2.45) is 0 Å². The number of esters is 1. The molecule has 0 saturated heterocycles. The number of fused-ring (bicyclic) bond motifs is 2. The largest absolute Gasteiger partial charge is 0.586 e. The van der Waals surface area contributed by atoms with Crippen LogP contribution in [0.1, 0.15) is 46.6 Å². The molecule has 2 aliphatic heterocycles. The third-order valence-electron chi connectivity index (χ3n) is 4.10. The highest BCUT2D eigenvalue weighted by Gasteiger charge is 2.44. The maximum atomic E-state index is 12.8. The monoisotopic (exact) mass is 620 g/mol. The molecule has 2 aromatic carbocycles. The topological polar surface area (TPSA) is 128 Å². The van der Waals surface area contributed by atoms with Gasteiger partial charge in [-0.2, -0.15) is 10.5 Å². The number of nitrogens with zero attached hydrogens (tertiary/aromatic N) is 2. The zero-order valence-electron chi connectivity index (χ0n) is 19.1. The van der Waals surface area contributed by atoms with Crippen LogP contribution in [0.2, 0.25) is 0 Å². The van der Waals surface area contributed by atoms with Crippen LogP contribution in [0.15, 0.2) is 40.9 Å². The van der Waals surface area contributed by atoms with Crippen molar-refractivity contribution in [3.05, 3.63) is 46.4 Å². The molecule has 212 valence electrons. The van der Waals surface area contributed by atoms with E-state index in [-0.39, 0.29) is 62.2 Å². The van der Waals surface area contributed by atoms with Crippen molar-refractivity contribution >= 4 is 27.7 Å². The molecule has 2 heterocycles. The lowest BCUT2D eigenvalue weighted by Gasteiger charge is -2.08. The van der Waals surface area contributed by atoms with Gasteiger partial charge in [-0.1, -0.05) is 36.8 Å². The Morgan fingerprint density at radius 3 is 1.85 bits per heavy atom. The molecule has 0 saturated carbocycles. The highest BCUT2D eigenvalue weighted by atomic mass is 79.9. The van der Waals surface area contributed by atoms with Gasteiger partial charge < -0.3 is 23.7 Å². The molecule has 9 nitrogen and oxygen atoms in total. The number of carbonyl (C=O) groups is 2. The number of nitriles is 2. The van der Waals surface area contributed by atoms with Gasteiger partial charge in [0, 0.05) is 4.47 Å². The van der Waals surface area contributed by atoms with Gasteiger partial charge in [-0.3, -0.25) is 9.59 Å². The molecule has 0 bridgehead atoms. The molecular weight excluding hydrogens is 596 g/mol. The maximum absolute atomic E-state index is 12.8. The predicted molar refractivity (Wildman–Crippen MR) is 132 cm³/mol. The molecule has 0 N–H and O–H groups in total. The van der Waals surface area contributed by atoms with Crippen LogP contribution in [-0.2, 0) is 14.3 Å². The molecule has 14 heteroatoms. The molecule has 0 radical (unpaired) electrons. The molecule has 0 fully saturated rings. The number of hydrogen-bond donors (Lipinski definition) is 0. The molecular formula is C25H25BrF4N2O7. The lowest BCUT2D eigenvalue weighted by atomic mass is 10.0. The molecule has 2 aliphatic rings. The Balaban J connectivity index is 0.000000621. The number of ether oxygens (including phenoxy) is 5. The Kier molecular flexibility index (Phi) is 13.2. The first-order valence-corrected chi connectivity index (χ1v) is 11.0. The molecule has 0 amide bonds. The number of benzene rings is 2. The predicted octanol–water partition coefficient (Wildman–Crippen LogP) is 6.71. The molecule has 0 spiro atoms. The number of hydrogen-bond acceptors (Lipinski definition) is 9. The summed E-state index contributed by atoms with van der Waals surface area (Å²) in [6, 6.07) is 11.6. The average molecular weight is 621 g/mol. The fourth-order valence-electron chi connectivity index (χ4n) is 2.67. The summed E-state index contributed by atoms with van der Waals surface area (Å²) in [5, 5.41) is 16.7. The first kappa shape index (κ1) is 35.0. The first-order valence-electron chi connectivity index (χ1n) is 10.2. The first-order chi connectivity index (χ1) is 17.3. The summed E-state index contributed by atoms with van der Waals surface area (Å²) in [6.45, 7) is 3.12. The van der Waals surface area contributed by atoms with E-state index in [4.69, 9.17) is 15.3 Å². The molecule has 4 rings (SSSR count). The minimum Gasteiger partial charge on any atom is -0.465 e. The molecule has 0 aromatic heterocycles. The Hall–Kier alpha value is -4.04. The summed E-state index contributed by atoms with van der Waals surface area (Å²) in [7, 11) is 0. The second-order valence-electron chi connectivity index (χ2n) is 6.98. The quantitative estimate of drug-likeness (QED) is 0.270. The van der Waals surface area contributed by atoms with Crippen LogP contribution in [-0.4, -0.2) is 30.9 Å². The van der Waals surface area contributed by atoms with Crippen LogP contribution in [0.25, 0.3) is 0 Å². The van der Waals surface area contributed by atoms with Crippen LogP contribution < -0.4 is 18.9 Å². The van der Waals surface area contributed by atoms with Crippen molar-refractivity contribution in [2.75, 3.05) is 6.61 Å². The highest BCUT2D eigenvalue weighted by molar-refractivity contribution is 9.10. The second kappa shape index (κ2) is 14.8. The molecule has 2 aromatic rings. The van der Waals surface area contributed by atoms with E-state index in [1.54, 1.807) is 25.1 Å². The zero-order valence-corrected chi connectivity index (χ0v) is 20.7. The minimum atomic E-state index is -3.73. The number of rotatable bonds is 4. The maximum Gasteiger partial charge on any atom is 0.586 e. The zero-order chi connectivity index (χ0) is 27.8. The van der Waals surface area contributed by atoms with Gasteiger partial charge in [0.25, 0.3) is 0 Å². The second-order valence-corrected chi connectivity index (χ2v) is 7.90. The number of Topliss-reactive ketones (excluding diaryl/α,β-unsaturated/α-hetero) is 1. The van der Waals surface area contributed by atoms with Crippen LogP contribution in [0, 0.1) is 22.7 Å². The third-order valence-corrected chi connectivity index (χ3v) is 4.59. The normalized spacial score (nSPS) is 14.6. The fourth-order valence-corrected chi connectivity index (χ4v) is 3.01. The van der Waals surface area contributed by atoms with E-state index >= 15 is 0 Å². The molecule has 0 aliphatic carbocycles. The summed E-state index contributed by atoms with van der Waals surface area (Å²) in [5.41, 5.74) is 0.209. The fraction of sp³-hybridized carbons (Fsp3) is 0.360. The summed E-state index contributed by atoms with van der Waals surface area (Å²) < 4.78 is 72.7. The number of ketones is 1. The molecule has 1 atom stereocenters. The van der Waals surface area contributed by atoms with E-state index in [9.17, 15) is 27.2 Å². The Bertz CT molecular complexity index is 1250. The Morgan fingerprint density at radius 1 is 0.923 bits per heavy atom. The van der Waals surface area contributed by atoms with Gasteiger partial charge in [-0.15, -0.1) is 17.6 Å². The van der Waals surface area contributed by atoms with Gasteiger partial charge in [0.15, 0.2) is 28.9 Å². The van der Waals surface area contributed by atoms with E-state index in [0.717, 1.165) is 0 Å². The van der Waals surface area contributed by atoms with Crippen molar-refractivity contribution in [3.63, 3.8) is 0 Å². The van der Waals surface area contributed by atoms with E-state index in [1.165, 1.54) is 37.3 Å². The summed E-state index contributed by atoms with van der Waals surface area (Å²) in [5.74, 6) is -2.25. The summed E-state index contributed by atoms with van der Waals surface area (Å²) in [6.07, 6.45) is -7.21. The van der Waals surface area contributed by atoms with Crippen LogP contribution >= 0.6 is 15.9 Å². The molecule has 39 heavy (non-hydrogen) atoms. The number of alkyl halides is 4. The van der Waals surface area contributed by atoms with Gasteiger partial charge in [0.1, 0.15) is 5.78 Å². The van der Waals surface area contributed by atoms with Crippen molar-refractivity contribution in [1.29, 1.82) is 10.5 Å². The third kappa shape index (κ3) is 10.3. The lowest BCUT2D eigenvalue weighted by Crippen LogP contribution is -2.25. The van der Waals surface area contributed by atoms with E-state index in [1.807, 2.05) is 0 Å². The van der Waals surface area contributed by atoms with Crippen molar-refractivity contribution < 1.29 is 50.8 Å². The van der Waals surface area contributed by atoms with Gasteiger partial charge in [-0.05, 0) is 49.7 Å². The van der Waals surface area contributed by atoms with E-state index in [2.05, 4.69) is 34.9 Å². The smallest absolute Gasteiger partial charge is 0.465 e. The summed E-state index contributed by atoms with van der Waals surface area (Å²) >= 11 is 3.12. The number of carbonyl (C=O) groups excluding carboxylic acids is 2. The SMILES string of the molecule is C.C.CC(=O)CC#N.CCOC(=O)C(C#N)c1ccc2c(c1)OC(F)(F)O2.FC1(F)Oc2ccc(Br)cc2O1. The highest BCUT2D eigenvalue weighted by Crippen LogP contribution is 2.43. The minimum absolute atomic E-state index is 0. The van der Waals surface area contributed by atoms with Gasteiger partial charge >= 0.3 is 18.6 Å². The van der Waals surface area contributed by atoms with Crippen molar-refractivity contribution in [2.45, 2.75) is 53.6 Å². The van der Waals surface area contributed by atoms with Gasteiger partial charge in [-0.25, -0.2) is 0 Å².